The molecule has 2 aromatic rings. The number of hydrogen-bond acceptors (Lipinski definition) is 5. The molecule has 0 amide bonds. The molecule has 8 heteroatoms. The van der Waals surface area contributed by atoms with Crippen LogP contribution in [0.2, 0.25) is 0 Å². The number of carbonyl (C=O) groups excluding carboxylic acids is 1. The van der Waals surface area contributed by atoms with Gasteiger partial charge < -0.3 is 19.6 Å². The quantitative estimate of drug-likeness (QED) is 0.0892. The molecule has 0 aliphatic heterocycles. The second kappa shape index (κ2) is 13.4. The Kier molecular flexibility index (Phi) is 10.5. The number of benzene rings is 2. The Morgan fingerprint density at radius 2 is 1.87 bits per heavy atom. The third-order valence-electron chi connectivity index (χ3n) is 6.96. The summed E-state index contributed by atoms with van der Waals surface area (Å²) in [6.45, 7) is 10.3. The Morgan fingerprint density at radius 3 is 2.50 bits per heavy atom. The molecule has 0 saturated heterocycles. The second-order valence-electron chi connectivity index (χ2n) is 10.2. The van der Waals surface area contributed by atoms with Crippen LogP contribution in [0.5, 0.6) is 11.5 Å². The molecule has 0 radical (unpaired) electrons. The summed E-state index contributed by atoms with van der Waals surface area (Å²) in [7, 11) is -5.00. The minimum absolute atomic E-state index is 0.0273. The van der Waals surface area contributed by atoms with Crippen molar-refractivity contribution in [2.45, 2.75) is 77.7 Å². The number of phenols is 1. The molecule has 206 valence electrons. The van der Waals surface area contributed by atoms with Gasteiger partial charge in [-0.15, -0.1) is 0 Å². The number of rotatable bonds is 12. The zero-order valence-electron chi connectivity index (χ0n) is 22.4. The summed E-state index contributed by atoms with van der Waals surface area (Å²) in [5, 5.41) is 11.2. The fourth-order valence-electron chi connectivity index (χ4n) is 5.05. The Labute approximate surface area is 225 Å². The summed E-state index contributed by atoms with van der Waals surface area (Å²) >= 11 is 0. The first-order valence-corrected chi connectivity index (χ1v) is 14.7. The standard InChI is InChI=1S/C30H39O7P/c1-5-6-8-13-23-17-26(31)29(25-16-21(4)14-15-24(25)20(2)3)27(19-23)36-30(32)28(37-38(33,34)35)18-22-11-9-7-10-12-22/h7,9-12,16-17,19,24-25,28,31H,2,5-6,8,13-15,18H2,1,3-4H3,(H2,33,34,35)/t24-,25+,28?/m0/s1. The zero-order chi connectivity index (χ0) is 27.9. The van der Waals surface area contributed by atoms with Gasteiger partial charge in [0.15, 0.2) is 6.10 Å². The molecule has 1 aliphatic rings. The van der Waals surface area contributed by atoms with Gasteiger partial charge in [0.1, 0.15) is 11.5 Å². The van der Waals surface area contributed by atoms with Crippen molar-refractivity contribution in [1.82, 2.24) is 0 Å². The summed E-state index contributed by atoms with van der Waals surface area (Å²) in [4.78, 5) is 32.4. The van der Waals surface area contributed by atoms with Crippen molar-refractivity contribution in [2.75, 3.05) is 0 Å². The van der Waals surface area contributed by atoms with E-state index < -0.39 is 19.9 Å². The maximum absolute atomic E-state index is 13.4. The maximum Gasteiger partial charge on any atom is 0.470 e. The van der Waals surface area contributed by atoms with E-state index >= 15 is 0 Å². The van der Waals surface area contributed by atoms with Gasteiger partial charge in [-0.05, 0) is 68.7 Å². The van der Waals surface area contributed by atoms with E-state index in [1.807, 2.05) is 13.8 Å². The zero-order valence-corrected chi connectivity index (χ0v) is 23.3. The van der Waals surface area contributed by atoms with Crippen LogP contribution in [0, 0.1) is 5.92 Å². The first-order valence-electron chi connectivity index (χ1n) is 13.2. The van der Waals surface area contributed by atoms with Gasteiger partial charge in [0.2, 0.25) is 0 Å². The van der Waals surface area contributed by atoms with Crippen LogP contribution in [-0.2, 0) is 26.7 Å². The molecular weight excluding hydrogens is 503 g/mol. The van der Waals surface area contributed by atoms with Crippen LogP contribution in [0.3, 0.4) is 0 Å². The Bertz CT molecular complexity index is 1200. The third kappa shape index (κ3) is 8.40. The van der Waals surface area contributed by atoms with E-state index in [0.717, 1.165) is 43.2 Å². The predicted molar refractivity (Wildman–Crippen MR) is 148 cm³/mol. The highest BCUT2D eigenvalue weighted by atomic mass is 31.2. The van der Waals surface area contributed by atoms with Gasteiger partial charge in [-0.3, -0.25) is 4.52 Å². The number of phosphoric ester groups is 1. The normalized spacial score (nSPS) is 18.5. The van der Waals surface area contributed by atoms with Crippen LogP contribution >= 0.6 is 7.82 Å². The average molecular weight is 543 g/mol. The highest BCUT2D eigenvalue weighted by molar-refractivity contribution is 7.46. The molecule has 0 fully saturated rings. The van der Waals surface area contributed by atoms with E-state index in [1.165, 1.54) is 5.57 Å². The summed E-state index contributed by atoms with van der Waals surface area (Å²) in [6, 6.07) is 12.3. The largest absolute Gasteiger partial charge is 0.507 e. The Balaban J connectivity index is 2.04. The molecule has 1 aliphatic carbocycles. The number of aromatic hydroxyl groups is 1. The van der Waals surface area contributed by atoms with Crippen molar-refractivity contribution in [3.8, 4) is 11.5 Å². The van der Waals surface area contributed by atoms with Crippen molar-refractivity contribution < 1.29 is 33.5 Å². The van der Waals surface area contributed by atoms with E-state index in [2.05, 4.69) is 19.6 Å². The molecule has 3 atom stereocenters. The summed E-state index contributed by atoms with van der Waals surface area (Å²) in [6.07, 6.45) is 5.89. The first kappa shape index (κ1) is 29.9. The second-order valence-corrected chi connectivity index (χ2v) is 11.4. The van der Waals surface area contributed by atoms with Crippen LogP contribution < -0.4 is 4.74 Å². The molecule has 38 heavy (non-hydrogen) atoms. The molecule has 0 bridgehead atoms. The van der Waals surface area contributed by atoms with Gasteiger partial charge in [0.05, 0.1) is 0 Å². The van der Waals surface area contributed by atoms with E-state index in [4.69, 9.17) is 9.26 Å². The van der Waals surface area contributed by atoms with Crippen LogP contribution in [0.15, 0.2) is 66.3 Å². The fourth-order valence-corrected chi connectivity index (χ4v) is 5.54. The van der Waals surface area contributed by atoms with Crippen molar-refractivity contribution in [3.05, 3.63) is 83.0 Å². The van der Waals surface area contributed by atoms with Crippen LogP contribution in [0.4, 0.5) is 0 Å². The van der Waals surface area contributed by atoms with Gasteiger partial charge >= 0.3 is 13.8 Å². The number of phenolic OH excluding ortho intramolecular Hbond substituents is 1. The molecule has 3 rings (SSSR count). The lowest BCUT2D eigenvalue weighted by Crippen LogP contribution is -2.31. The average Bonchev–Trinajstić information content (AvgIpc) is 2.83. The number of ether oxygens (including phenoxy) is 1. The molecule has 3 N–H and O–H groups in total. The minimum Gasteiger partial charge on any atom is -0.507 e. The maximum atomic E-state index is 13.4. The molecular formula is C30H39O7P. The highest BCUT2D eigenvalue weighted by Crippen LogP contribution is 2.47. The minimum atomic E-state index is -5.00. The third-order valence-corrected chi connectivity index (χ3v) is 7.49. The van der Waals surface area contributed by atoms with Gasteiger partial charge in [-0.25, -0.2) is 9.36 Å². The van der Waals surface area contributed by atoms with Crippen LogP contribution in [0.25, 0.3) is 0 Å². The Morgan fingerprint density at radius 1 is 1.16 bits per heavy atom. The summed E-state index contributed by atoms with van der Waals surface area (Å²) in [5.74, 6) is -0.953. The SMILES string of the molecule is C=C(C)[C@@H]1CCC(C)=C[C@H]1c1c(O)cc(CCCCC)cc1OC(=O)C(Cc1ccccc1)OP(=O)(O)O. The van der Waals surface area contributed by atoms with Crippen molar-refractivity contribution in [3.63, 3.8) is 0 Å². The van der Waals surface area contributed by atoms with E-state index in [1.54, 1.807) is 42.5 Å². The molecule has 1 unspecified atom stereocenters. The topological polar surface area (TPSA) is 113 Å². The number of carbonyl (C=O) groups is 1. The highest BCUT2D eigenvalue weighted by Gasteiger charge is 2.34. The lowest BCUT2D eigenvalue weighted by molar-refractivity contribution is -0.143. The van der Waals surface area contributed by atoms with Gasteiger partial charge in [0.25, 0.3) is 0 Å². The lowest BCUT2D eigenvalue weighted by Gasteiger charge is -2.32. The molecule has 2 aromatic carbocycles. The van der Waals surface area contributed by atoms with Crippen LogP contribution in [0.1, 0.15) is 75.5 Å². The van der Waals surface area contributed by atoms with Crippen molar-refractivity contribution in [2.24, 2.45) is 5.92 Å². The number of esters is 1. The van der Waals surface area contributed by atoms with Gasteiger partial charge in [-0.1, -0.05) is 73.9 Å². The molecule has 0 saturated carbocycles. The van der Waals surface area contributed by atoms with Gasteiger partial charge in [0, 0.05) is 17.9 Å². The van der Waals surface area contributed by atoms with E-state index in [9.17, 15) is 24.3 Å². The predicted octanol–water partition coefficient (Wildman–Crippen LogP) is 6.77. The number of aryl methyl sites for hydroxylation is 1. The molecule has 0 aromatic heterocycles. The summed E-state index contributed by atoms with van der Waals surface area (Å²) in [5.41, 5.74) is 4.09. The van der Waals surface area contributed by atoms with E-state index in [-0.39, 0.29) is 29.8 Å². The molecule has 0 heterocycles. The van der Waals surface area contributed by atoms with Crippen LogP contribution in [-0.4, -0.2) is 27.0 Å². The smallest absolute Gasteiger partial charge is 0.470 e. The summed E-state index contributed by atoms with van der Waals surface area (Å²) < 4.78 is 22.4. The van der Waals surface area contributed by atoms with Crippen molar-refractivity contribution >= 4 is 13.8 Å². The monoisotopic (exact) mass is 542 g/mol. The first-order chi connectivity index (χ1) is 18.0. The van der Waals surface area contributed by atoms with Crippen molar-refractivity contribution in [1.29, 1.82) is 0 Å². The van der Waals surface area contributed by atoms with Gasteiger partial charge in [-0.2, -0.15) is 0 Å². The lowest BCUT2D eigenvalue weighted by atomic mass is 9.73. The fraction of sp³-hybridized carbons (Fsp3) is 0.433. The number of unbranched alkanes of at least 4 members (excludes halogenated alkanes) is 2. The number of phosphoric acid groups is 1. The number of hydrogen-bond donors (Lipinski definition) is 3. The molecule has 0 spiro atoms. The number of allylic oxidation sites excluding steroid dienone is 3. The van der Waals surface area contributed by atoms with E-state index in [0.29, 0.717) is 17.5 Å². The Hall–Kier alpha value is -2.70. The molecule has 7 nitrogen and oxygen atoms in total.